The Morgan fingerprint density at radius 1 is 1.19 bits per heavy atom. The summed E-state index contributed by atoms with van der Waals surface area (Å²) in [4.78, 5) is 0. The summed E-state index contributed by atoms with van der Waals surface area (Å²) < 4.78 is 3.38. The Labute approximate surface area is 146 Å². The SMILES string of the molecule is C[CH](C)[Zr](=[SiH2])([C]1=CC=CC1)[CH]1C=Cc2ccccc21.Cl.Cl. The van der Waals surface area contributed by atoms with Crippen LogP contribution < -0.4 is 0 Å². The van der Waals surface area contributed by atoms with Crippen molar-refractivity contribution in [3.8, 4) is 0 Å². The van der Waals surface area contributed by atoms with E-state index in [1.54, 1.807) is 8.84 Å². The normalized spacial score (nSPS) is 21.3. The fourth-order valence-corrected chi connectivity index (χ4v) is 17.0. The Morgan fingerprint density at radius 3 is 2.52 bits per heavy atom. The Balaban J connectivity index is 0.00000110. The molecule has 2 unspecified atom stereocenters. The van der Waals surface area contributed by atoms with E-state index in [9.17, 15) is 0 Å². The van der Waals surface area contributed by atoms with Crippen molar-refractivity contribution in [2.45, 2.75) is 27.5 Å². The number of fused-ring (bicyclic) bond motifs is 1. The smallest absolute Gasteiger partial charge is 0.147 e. The third kappa shape index (κ3) is 3.24. The molecule has 2 aliphatic carbocycles. The van der Waals surface area contributed by atoms with Crippen molar-refractivity contribution in [2.24, 2.45) is 0 Å². The molecule has 113 valence electrons. The van der Waals surface area contributed by atoms with Gasteiger partial charge in [-0.3, -0.25) is 0 Å². The van der Waals surface area contributed by atoms with Crippen molar-refractivity contribution < 1.29 is 18.9 Å². The van der Waals surface area contributed by atoms with Gasteiger partial charge in [-0.2, -0.15) is 0 Å². The number of rotatable bonds is 3. The van der Waals surface area contributed by atoms with Gasteiger partial charge in [0.2, 0.25) is 0 Å². The molecule has 0 fully saturated rings. The van der Waals surface area contributed by atoms with Crippen molar-refractivity contribution in [1.82, 2.24) is 0 Å². The van der Waals surface area contributed by atoms with E-state index in [4.69, 9.17) is 0 Å². The molecule has 0 N–H and O–H groups in total. The van der Waals surface area contributed by atoms with Gasteiger partial charge in [0.25, 0.3) is 0 Å². The zero-order chi connectivity index (χ0) is 13.5. The minimum Gasteiger partial charge on any atom is -0.147 e. The van der Waals surface area contributed by atoms with Crippen LogP contribution in [-0.4, -0.2) is 6.88 Å². The number of hydrogen-bond acceptors (Lipinski definition) is 0. The largest absolute Gasteiger partial charge is 0.147 e. The number of benzene rings is 1. The molecule has 0 spiro atoms. The molecule has 3 rings (SSSR count). The molecule has 1 aromatic rings. The molecular weight excluding hydrogens is 394 g/mol. The van der Waals surface area contributed by atoms with Crippen LogP contribution in [0.1, 0.15) is 35.0 Å². The second-order valence-electron chi connectivity index (χ2n) is 5.98. The van der Waals surface area contributed by atoms with Gasteiger partial charge in [0.1, 0.15) is 0 Å². The minimum atomic E-state index is -2.35. The van der Waals surface area contributed by atoms with Crippen LogP contribution in [0.25, 0.3) is 6.08 Å². The standard InChI is InChI=1S/C9H7.C5H5.C3H7.2ClH.H2Si.Zr/c1-2-5-9-7-3-6-8(9)4-1;1-2-4-5-3-1;1-3-2;;;;/h1-7H;1-3H,4H2;3H,1-2H3;2*1H;1H2;. The van der Waals surface area contributed by atoms with Crippen LogP contribution in [0, 0.1) is 0 Å². The molecule has 2 aliphatic rings. The second kappa shape index (κ2) is 7.59. The van der Waals surface area contributed by atoms with Crippen molar-refractivity contribution >= 4 is 37.8 Å². The first-order chi connectivity index (χ1) is 9.14. The fraction of sp³-hybridized carbons (Fsp3) is 0.294. The van der Waals surface area contributed by atoms with Gasteiger partial charge in [-0.25, -0.2) is 0 Å². The molecule has 0 amide bonds. The van der Waals surface area contributed by atoms with Gasteiger partial charge in [-0.15, -0.1) is 24.8 Å². The van der Waals surface area contributed by atoms with E-state index >= 15 is 0 Å². The summed E-state index contributed by atoms with van der Waals surface area (Å²) in [6.45, 7) is 7.31. The van der Waals surface area contributed by atoms with E-state index in [1.807, 2.05) is 0 Å². The van der Waals surface area contributed by atoms with Gasteiger partial charge in [0.05, 0.1) is 0 Å². The van der Waals surface area contributed by atoms with E-state index < -0.39 is 18.9 Å². The first-order valence-electron chi connectivity index (χ1n) is 7.12. The quantitative estimate of drug-likeness (QED) is 0.609. The van der Waals surface area contributed by atoms with Crippen LogP contribution >= 0.6 is 24.8 Å². The van der Waals surface area contributed by atoms with Crippen LogP contribution in [-0.2, 0) is 18.9 Å². The second-order valence-corrected chi connectivity index (χ2v) is 24.0. The van der Waals surface area contributed by atoms with Crippen molar-refractivity contribution in [2.75, 3.05) is 0 Å². The summed E-state index contributed by atoms with van der Waals surface area (Å²) in [6.07, 6.45) is 13.1. The Bertz CT molecular complexity index is 644. The molecule has 0 aliphatic heterocycles. The van der Waals surface area contributed by atoms with Crippen molar-refractivity contribution in [3.05, 3.63) is 63.0 Å². The van der Waals surface area contributed by atoms with Gasteiger partial charge in [0, 0.05) is 0 Å². The maximum Gasteiger partial charge on any atom is -0.147 e. The summed E-state index contributed by atoms with van der Waals surface area (Å²) in [5.74, 6) is 0. The summed E-state index contributed by atoms with van der Waals surface area (Å²) in [7, 11) is 0. The third-order valence-corrected chi connectivity index (χ3v) is 27.8. The van der Waals surface area contributed by atoms with E-state index in [2.05, 4.69) is 75.4 Å². The van der Waals surface area contributed by atoms with Gasteiger partial charge in [-0.05, 0) is 0 Å². The van der Waals surface area contributed by atoms with Crippen LogP contribution in [0.4, 0.5) is 0 Å². The maximum absolute atomic E-state index is 2.51. The monoisotopic (exact) mass is 415 g/mol. The summed E-state index contributed by atoms with van der Waals surface area (Å²) in [5.41, 5.74) is 3.04. The predicted octanol–water partition coefficient (Wildman–Crippen LogP) is 4.97. The molecule has 4 heteroatoms. The summed E-state index contributed by atoms with van der Waals surface area (Å²) in [6, 6.07) is 8.98. The van der Waals surface area contributed by atoms with E-state index in [0.29, 0.717) is 0 Å². The van der Waals surface area contributed by atoms with Gasteiger partial charge in [-0.1, -0.05) is 0 Å². The van der Waals surface area contributed by atoms with E-state index in [0.717, 1.165) is 7.25 Å². The van der Waals surface area contributed by atoms with Crippen LogP contribution in [0.2, 0.25) is 3.63 Å². The first kappa shape index (κ1) is 19.2. The summed E-state index contributed by atoms with van der Waals surface area (Å²) >= 11 is -2.35. The van der Waals surface area contributed by atoms with Crippen LogP contribution in [0.3, 0.4) is 0 Å². The molecule has 0 radical (unpaired) electrons. The molecular formula is C17H23Cl2SiZr. The fourth-order valence-electron chi connectivity index (χ4n) is 3.42. The molecule has 0 heterocycles. The molecule has 2 atom stereocenters. The van der Waals surface area contributed by atoms with Crippen LogP contribution in [0.15, 0.2) is 51.9 Å². The number of halogens is 2. The van der Waals surface area contributed by atoms with Crippen LogP contribution in [0.5, 0.6) is 0 Å². The molecule has 0 saturated heterocycles. The zero-order valence-electron chi connectivity index (χ0n) is 12.6. The van der Waals surface area contributed by atoms with Gasteiger partial charge < -0.3 is 0 Å². The topological polar surface area (TPSA) is 0 Å². The third-order valence-electron chi connectivity index (χ3n) is 4.75. The molecule has 0 nitrogen and oxygen atoms in total. The van der Waals surface area contributed by atoms with Gasteiger partial charge in [0.15, 0.2) is 0 Å². The van der Waals surface area contributed by atoms with Crippen molar-refractivity contribution in [3.63, 3.8) is 0 Å². The Morgan fingerprint density at radius 2 is 1.90 bits per heavy atom. The zero-order valence-corrected chi connectivity index (χ0v) is 18.1. The number of allylic oxidation sites excluding steroid dienone is 5. The molecule has 0 saturated carbocycles. The Hall–Kier alpha value is 0.120. The predicted molar refractivity (Wildman–Crippen MR) is 98.2 cm³/mol. The Kier molecular flexibility index (Phi) is 6.93. The minimum absolute atomic E-state index is 0. The average molecular weight is 418 g/mol. The maximum atomic E-state index is 2.51. The number of hydrogen-bond donors (Lipinski definition) is 0. The van der Waals surface area contributed by atoms with Gasteiger partial charge >= 0.3 is 122 Å². The van der Waals surface area contributed by atoms with Crippen molar-refractivity contribution in [1.29, 1.82) is 0 Å². The van der Waals surface area contributed by atoms with E-state index in [1.165, 1.54) is 12.0 Å². The summed E-state index contributed by atoms with van der Waals surface area (Å²) in [5, 5.41) is 0. The molecule has 0 bridgehead atoms. The molecule has 1 aromatic carbocycles. The first-order valence-corrected chi connectivity index (χ1v) is 17.1. The molecule has 21 heavy (non-hydrogen) atoms. The van der Waals surface area contributed by atoms with E-state index in [-0.39, 0.29) is 24.8 Å². The average Bonchev–Trinajstić information content (AvgIpc) is 3.07. The molecule has 0 aromatic heterocycles.